The van der Waals surface area contributed by atoms with Crippen LogP contribution < -0.4 is 5.73 Å². The number of aromatic amines is 1. The molecule has 0 saturated heterocycles. The molecule has 0 aliphatic heterocycles. The van der Waals surface area contributed by atoms with E-state index >= 15 is 0 Å². The SMILES string of the molecule is Nc1n[nH]c2cc(Br)c([N+](=O)[O-])cc12. The number of halogens is 1. The molecule has 0 spiro atoms. The number of H-pyrrole nitrogens is 1. The summed E-state index contributed by atoms with van der Waals surface area (Å²) in [5.41, 5.74) is 6.16. The number of hydrogen-bond acceptors (Lipinski definition) is 4. The highest BCUT2D eigenvalue weighted by Gasteiger charge is 2.15. The summed E-state index contributed by atoms with van der Waals surface area (Å²) in [5.74, 6) is 0.260. The Hall–Kier alpha value is -1.63. The maximum Gasteiger partial charge on any atom is 0.284 e. The molecular formula is C7H5BrN4O2. The average Bonchev–Trinajstić information content (AvgIpc) is 2.46. The van der Waals surface area contributed by atoms with Crippen molar-refractivity contribution in [3.05, 3.63) is 26.7 Å². The number of nitrogens with two attached hydrogens (primary N) is 1. The summed E-state index contributed by atoms with van der Waals surface area (Å²) >= 11 is 3.10. The second-order valence-electron chi connectivity index (χ2n) is 2.72. The van der Waals surface area contributed by atoms with E-state index in [1.807, 2.05) is 0 Å². The monoisotopic (exact) mass is 256 g/mol. The molecule has 0 aliphatic rings. The van der Waals surface area contributed by atoms with Crippen LogP contribution >= 0.6 is 15.9 Å². The summed E-state index contributed by atoms with van der Waals surface area (Å²) in [5, 5.41) is 17.6. The molecule has 0 atom stereocenters. The van der Waals surface area contributed by atoms with Gasteiger partial charge in [-0.15, -0.1) is 0 Å². The molecule has 3 N–H and O–H groups in total. The van der Waals surface area contributed by atoms with E-state index in [0.717, 1.165) is 0 Å². The Kier molecular flexibility index (Phi) is 1.88. The van der Waals surface area contributed by atoms with Crippen LogP contribution in [0.5, 0.6) is 0 Å². The molecule has 0 fully saturated rings. The average molecular weight is 257 g/mol. The molecule has 0 aliphatic carbocycles. The minimum Gasteiger partial charge on any atom is -0.382 e. The molecule has 0 unspecified atom stereocenters. The van der Waals surface area contributed by atoms with E-state index in [-0.39, 0.29) is 11.5 Å². The molecule has 14 heavy (non-hydrogen) atoms. The number of nitro groups is 1. The van der Waals surface area contributed by atoms with Crippen molar-refractivity contribution >= 4 is 38.3 Å². The van der Waals surface area contributed by atoms with Crippen LogP contribution in [-0.4, -0.2) is 15.1 Å². The summed E-state index contributed by atoms with van der Waals surface area (Å²) in [6.45, 7) is 0. The van der Waals surface area contributed by atoms with Crippen LogP contribution in [0.15, 0.2) is 16.6 Å². The van der Waals surface area contributed by atoms with E-state index in [9.17, 15) is 10.1 Å². The van der Waals surface area contributed by atoms with Gasteiger partial charge in [0.15, 0.2) is 5.82 Å². The number of nitro benzene ring substituents is 1. The van der Waals surface area contributed by atoms with Crippen molar-refractivity contribution in [1.29, 1.82) is 0 Å². The molecule has 2 rings (SSSR count). The predicted octanol–water partition coefficient (Wildman–Crippen LogP) is 1.82. The van der Waals surface area contributed by atoms with Gasteiger partial charge in [0, 0.05) is 6.07 Å². The van der Waals surface area contributed by atoms with Crippen LogP contribution in [0.1, 0.15) is 0 Å². The molecule has 0 bridgehead atoms. The van der Waals surface area contributed by atoms with Crippen molar-refractivity contribution in [2.75, 3.05) is 5.73 Å². The van der Waals surface area contributed by atoms with Gasteiger partial charge in [0.2, 0.25) is 0 Å². The zero-order valence-corrected chi connectivity index (χ0v) is 8.41. The first-order valence-electron chi connectivity index (χ1n) is 3.67. The molecule has 0 saturated carbocycles. The number of nitrogen functional groups attached to an aromatic ring is 1. The number of rotatable bonds is 1. The van der Waals surface area contributed by atoms with Gasteiger partial charge in [0.25, 0.3) is 5.69 Å². The fraction of sp³-hybridized carbons (Fsp3) is 0. The van der Waals surface area contributed by atoms with Crippen molar-refractivity contribution in [3.8, 4) is 0 Å². The van der Waals surface area contributed by atoms with Gasteiger partial charge in [-0.05, 0) is 22.0 Å². The number of aromatic nitrogens is 2. The van der Waals surface area contributed by atoms with Crippen LogP contribution in [0.25, 0.3) is 10.9 Å². The minimum absolute atomic E-state index is 0.0226. The zero-order valence-electron chi connectivity index (χ0n) is 6.82. The highest BCUT2D eigenvalue weighted by Crippen LogP contribution is 2.31. The fourth-order valence-corrected chi connectivity index (χ4v) is 1.67. The third-order valence-corrected chi connectivity index (χ3v) is 2.49. The Labute approximate surface area is 86.4 Å². The summed E-state index contributed by atoms with van der Waals surface area (Å²) in [6.07, 6.45) is 0. The number of hydrogen-bond donors (Lipinski definition) is 2. The molecule has 1 heterocycles. The first kappa shape index (κ1) is 8.95. The minimum atomic E-state index is -0.476. The number of fused-ring (bicyclic) bond motifs is 1. The molecule has 1 aromatic carbocycles. The first-order chi connectivity index (χ1) is 6.59. The fourth-order valence-electron chi connectivity index (χ4n) is 1.19. The molecule has 1 aromatic heterocycles. The van der Waals surface area contributed by atoms with Crippen molar-refractivity contribution < 1.29 is 4.92 Å². The van der Waals surface area contributed by atoms with Crippen LogP contribution in [0.2, 0.25) is 0 Å². The molecule has 0 amide bonds. The van der Waals surface area contributed by atoms with Gasteiger partial charge in [0.05, 0.1) is 20.3 Å². The molecule has 2 aromatic rings. The third-order valence-electron chi connectivity index (χ3n) is 1.86. The third kappa shape index (κ3) is 1.22. The van der Waals surface area contributed by atoms with E-state index in [2.05, 4.69) is 26.1 Å². The summed E-state index contributed by atoms with van der Waals surface area (Å²) in [4.78, 5) is 10.1. The number of benzene rings is 1. The van der Waals surface area contributed by atoms with E-state index in [1.165, 1.54) is 6.07 Å². The Morgan fingerprint density at radius 2 is 2.29 bits per heavy atom. The molecule has 7 heteroatoms. The molecule has 72 valence electrons. The molecule has 6 nitrogen and oxygen atoms in total. The van der Waals surface area contributed by atoms with Crippen LogP contribution in [0.3, 0.4) is 0 Å². The van der Waals surface area contributed by atoms with Crippen LogP contribution in [0.4, 0.5) is 11.5 Å². The van der Waals surface area contributed by atoms with Crippen molar-refractivity contribution in [3.63, 3.8) is 0 Å². The van der Waals surface area contributed by atoms with Gasteiger partial charge in [-0.1, -0.05) is 0 Å². The van der Waals surface area contributed by atoms with E-state index in [0.29, 0.717) is 15.4 Å². The van der Waals surface area contributed by atoms with Gasteiger partial charge in [-0.3, -0.25) is 15.2 Å². The second-order valence-corrected chi connectivity index (χ2v) is 3.57. The van der Waals surface area contributed by atoms with Crippen molar-refractivity contribution in [2.45, 2.75) is 0 Å². The highest BCUT2D eigenvalue weighted by molar-refractivity contribution is 9.10. The summed E-state index contributed by atoms with van der Waals surface area (Å²) < 4.78 is 0.402. The lowest BCUT2D eigenvalue weighted by molar-refractivity contribution is -0.385. The van der Waals surface area contributed by atoms with Gasteiger partial charge in [0.1, 0.15) is 0 Å². The van der Waals surface area contributed by atoms with Crippen LogP contribution in [0, 0.1) is 10.1 Å². The van der Waals surface area contributed by atoms with E-state index in [4.69, 9.17) is 5.73 Å². The lowest BCUT2D eigenvalue weighted by atomic mass is 10.2. The smallest absolute Gasteiger partial charge is 0.284 e. The predicted molar refractivity (Wildman–Crippen MR) is 54.9 cm³/mol. The normalized spacial score (nSPS) is 10.6. The summed E-state index contributed by atoms with van der Waals surface area (Å²) in [6, 6.07) is 2.97. The Morgan fingerprint density at radius 1 is 1.57 bits per heavy atom. The number of nitrogens with zero attached hydrogens (tertiary/aromatic N) is 2. The van der Waals surface area contributed by atoms with Crippen LogP contribution in [-0.2, 0) is 0 Å². The second kappa shape index (κ2) is 2.95. The van der Waals surface area contributed by atoms with Gasteiger partial charge in [-0.25, -0.2) is 0 Å². The molecular weight excluding hydrogens is 252 g/mol. The lowest BCUT2D eigenvalue weighted by Gasteiger charge is -1.95. The Balaban J connectivity index is 2.80. The van der Waals surface area contributed by atoms with Crippen molar-refractivity contribution in [2.24, 2.45) is 0 Å². The van der Waals surface area contributed by atoms with E-state index in [1.54, 1.807) is 6.07 Å². The molecule has 0 radical (unpaired) electrons. The first-order valence-corrected chi connectivity index (χ1v) is 4.46. The summed E-state index contributed by atoms with van der Waals surface area (Å²) in [7, 11) is 0. The van der Waals surface area contributed by atoms with Gasteiger partial charge >= 0.3 is 0 Å². The standard InChI is InChI=1S/C7H5BrN4O2/c8-4-2-5-3(7(9)11-10-5)1-6(4)12(13)14/h1-2H,(H3,9,10,11). The largest absolute Gasteiger partial charge is 0.382 e. The Bertz CT molecular complexity index is 522. The number of anilines is 1. The van der Waals surface area contributed by atoms with Crippen molar-refractivity contribution in [1.82, 2.24) is 10.2 Å². The van der Waals surface area contributed by atoms with Gasteiger partial charge < -0.3 is 5.73 Å². The Morgan fingerprint density at radius 3 is 2.93 bits per heavy atom. The maximum atomic E-state index is 10.6. The lowest BCUT2D eigenvalue weighted by Crippen LogP contribution is -1.90. The topological polar surface area (TPSA) is 97.8 Å². The zero-order chi connectivity index (χ0) is 10.3. The number of nitrogens with one attached hydrogen (secondary N) is 1. The van der Waals surface area contributed by atoms with Gasteiger partial charge in [-0.2, -0.15) is 5.10 Å². The quantitative estimate of drug-likeness (QED) is 0.601. The highest BCUT2D eigenvalue weighted by atomic mass is 79.9. The maximum absolute atomic E-state index is 10.6. The van der Waals surface area contributed by atoms with E-state index < -0.39 is 4.92 Å².